The lowest BCUT2D eigenvalue weighted by molar-refractivity contribution is -0.117. The van der Waals surface area contributed by atoms with E-state index < -0.39 is 0 Å². The maximum atomic E-state index is 11.5. The van der Waals surface area contributed by atoms with E-state index in [1.54, 1.807) is 6.20 Å². The number of carbonyl (C=O) groups excluding carboxylic acids is 1. The largest absolute Gasteiger partial charge is 0.326 e. The molecule has 0 aliphatic carbocycles. The zero-order chi connectivity index (χ0) is 10.7. The van der Waals surface area contributed by atoms with Gasteiger partial charge in [-0.1, -0.05) is 0 Å². The third kappa shape index (κ3) is 2.98. The molecule has 15 heavy (non-hydrogen) atoms. The fourth-order valence-electron chi connectivity index (χ4n) is 1.65. The molecule has 82 valence electrons. The van der Waals surface area contributed by atoms with Crippen molar-refractivity contribution in [2.24, 2.45) is 5.73 Å². The summed E-state index contributed by atoms with van der Waals surface area (Å²) in [6, 6.07) is 0.220. The Bertz CT molecular complexity index is 327. The third-order valence-corrected chi connectivity index (χ3v) is 3.04. The Morgan fingerprint density at radius 3 is 3.27 bits per heavy atom. The molecule has 1 aromatic rings. The number of thiazole rings is 1. The van der Waals surface area contributed by atoms with E-state index >= 15 is 0 Å². The van der Waals surface area contributed by atoms with Gasteiger partial charge >= 0.3 is 0 Å². The van der Waals surface area contributed by atoms with Gasteiger partial charge in [0.05, 0.1) is 6.54 Å². The van der Waals surface area contributed by atoms with Crippen LogP contribution in [-0.4, -0.2) is 41.5 Å². The molecule has 0 spiro atoms. The summed E-state index contributed by atoms with van der Waals surface area (Å²) in [6.45, 7) is 2.13. The molecule has 6 heteroatoms. The zero-order valence-electron chi connectivity index (χ0n) is 8.35. The second-order valence-electron chi connectivity index (χ2n) is 3.67. The van der Waals surface area contributed by atoms with Crippen LogP contribution in [0.5, 0.6) is 0 Å². The Kier molecular flexibility index (Phi) is 3.30. The van der Waals surface area contributed by atoms with E-state index in [1.807, 2.05) is 5.38 Å². The van der Waals surface area contributed by atoms with E-state index in [0.717, 1.165) is 19.5 Å². The van der Waals surface area contributed by atoms with E-state index in [-0.39, 0.29) is 11.9 Å². The van der Waals surface area contributed by atoms with Gasteiger partial charge in [-0.25, -0.2) is 4.98 Å². The molecule has 0 bridgehead atoms. The molecule has 0 aromatic carbocycles. The van der Waals surface area contributed by atoms with E-state index in [2.05, 4.69) is 15.2 Å². The topological polar surface area (TPSA) is 71.2 Å². The van der Waals surface area contributed by atoms with Crippen molar-refractivity contribution in [2.75, 3.05) is 25.0 Å². The predicted octanol–water partition coefficient (Wildman–Crippen LogP) is 0.115. The number of hydrogen-bond acceptors (Lipinski definition) is 5. The van der Waals surface area contributed by atoms with E-state index in [1.165, 1.54) is 11.3 Å². The molecular formula is C9H14N4OS. The summed E-state index contributed by atoms with van der Waals surface area (Å²) < 4.78 is 0. The lowest BCUT2D eigenvalue weighted by Crippen LogP contribution is -2.33. The molecule has 2 rings (SSSR count). The van der Waals surface area contributed by atoms with Crippen LogP contribution in [0.3, 0.4) is 0 Å². The van der Waals surface area contributed by atoms with Crippen molar-refractivity contribution in [3.05, 3.63) is 11.6 Å². The average molecular weight is 226 g/mol. The van der Waals surface area contributed by atoms with Crippen LogP contribution in [0, 0.1) is 0 Å². The molecule has 1 amide bonds. The van der Waals surface area contributed by atoms with Crippen molar-refractivity contribution in [3.63, 3.8) is 0 Å². The number of amides is 1. The summed E-state index contributed by atoms with van der Waals surface area (Å²) in [5, 5.41) is 5.24. The molecule has 1 fully saturated rings. The Labute approximate surface area is 92.3 Å². The minimum atomic E-state index is -0.0148. The van der Waals surface area contributed by atoms with E-state index in [4.69, 9.17) is 5.73 Å². The first-order valence-corrected chi connectivity index (χ1v) is 5.79. The highest BCUT2D eigenvalue weighted by atomic mass is 32.1. The smallest absolute Gasteiger partial charge is 0.240 e. The first-order chi connectivity index (χ1) is 7.24. The van der Waals surface area contributed by atoms with Gasteiger partial charge in [-0.05, 0) is 6.42 Å². The standard InChI is InChI=1S/C9H14N4OS/c10-7-1-3-13(5-7)6-8(14)12-9-11-2-4-15-9/h2,4,7H,1,3,5-6,10H2,(H,11,12,14)/t7-/m1/s1. The highest BCUT2D eigenvalue weighted by Gasteiger charge is 2.21. The van der Waals surface area contributed by atoms with Crippen molar-refractivity contribution in [1.82, 2.24) is 9.88 Å². The van der Waals surface area contributed by atoms with Gasteiger partial charge in [0, 0.05) is 30.7 Å². The molecule has 1 aliphatic heterocycles. The van der Waals surface area contributed by atoms with Crippen LogP contribution in [0.1, 0.15) is 6.42 Å². The summed E-state index contributed by atoms with van der Waals surface area (Å²) in [6.07, 6.45) is 2.65. The lowest BCUT2D eigenvalue weighted by Gasteiger charge is -2.13. The third-order valence-electron chi connectivity index (χ3n) is 2.35. The van der Waals surface area contributed by atoms with Crippen molar-refractivity contribution in [1.29, 1.82) is 0 Å². The molecule has 2 heterocycles. The number of carbonyl (C=O) groups is 1. The van der Waals surface area contributed by atoms with Gasteiger partial charge in [0.1, 0.15) is 0 Å². The van der Waals surface area contributed by atoms with Crippen LogP contribution in [0.4, 0.5) is 5.13 Å². The number of aromatic nitrogens is 1. The highest BCUT2D eigenvalue weighted by molar-refractivity contribution is 7.13. The minimum absolute atomic E-state index is 0.0148. The number of hydrogen-bond donors (Lipinski definition) is 2. The number of anilines is 1. The van der Waals surface area contributed by atoms with Gasteiger partial charge in [-0.3, -0.25) is 9.69 Å². The van der Waals surface area contributed by atoms with Crippen LogP contribution in [-0.2, 0) is 4.79 Å². The highest BCUT2D eigenvalue weighted by Crippen LogP contribution is 2.11. The van der Waals surface area contributed by atoms with Gasteiger partial charge in [-0.2, -0.15) is 0 Å². The van der Waals surface area contributed by atoms with Crippen LogP contribution in [0.2, 0.25) is 0 Å². The molecule has 1 saturated heterocycles. The number of likely N-dealkylation sites (tertiary alicyclic amines) is 1. The van der Waals surface area contributed by atoms with Crippen LogP contribution < -0.4 is 11.1 Å². The SMILES string of the molecule is N[C@@H]1CCN(CC(=O)Nc2nccs2)C1. The predicted molar refractivity (Wildman–Crippen MR) is 59.8 cm³/mol. The second kappa shape index (κ2) is 4.69. The molecule has 0 saturated carbocycles. The van der Waals surface area contributed by atoms with Gasteiger partial charge in [-0.15, -0.1) is 11.3 Å². The van der Waals surface area contributed by atoms with Crippen molar-refractivity contribution in [2.45, 2.75) is 12.5 Å². The fraction of sp³-hybridized carbons (Fsp3) is 0.556. The molecule has 1 atom stereocenters. The number of nitrogens with one attached hydrogen (secondary N) is 1. The van der Waals surface area contributed by atoms with Crippen molar-refractivity contribution >= 4 is 22.4 Å². The zero-order valence-corrected chi connectivity index (χ0v) is 9.17. The Morgan fingerprint density at radius 2 is 2.67 bits per heavy atom. The molecule has 5 nitrogen and oxygen atoms in total. The molecule has 3 N–H and O–H groups in total. The summed E-state index contributed by atoms with van der Waals surface area (Å²) in [5.41, 5.74) is 5.75. The Morgan fingerprint density at radius 1 is 1.80 bits per heavy atom. The summed E-state index contributed by atoms with van der Waals surface area (Å²) in [7, 11) is 0. The molecule has 1 aliphatic rings. The maximum Gasteiger partial charge on any atom is 0.240 e. The normalized spacial score (nSPS) is 21.8. The van der Waals surface area contributed by atoms with Crippen molar-refractivity contribution < 1.29 is 4.79 Å². The monoisotopic (exact) mass is 226 g/mol. The molecule has 0 radical (unpaired) electrons. The summed E-state index contributed by atoms with van der Waals surface area (Å²) in [5.74, 6) is -0.0148. The van der Waals surface area contributed by atoms with Gasteiger partial charge < -0.3 is 11.1 Å². The van der Waals surface area contributed by atoms with Gasteiger partial charge in [0.25, 0.3) is 0 Å². The summed E-state index contributed by atoms with van der Waals surface area (Å²) in [4.78, 5) is 17.6. The fourth-order valence-corrected chi connectivity index (χ4v) is 2.20. The van der Waals surface area contributed by atoms with Crippen LogP contribution in [0.25, 0.3) is 0 Å². The van der Waals surface area contributed by atoms with Crippen molar-refractivity contribution in [3.8, 4) is 0 Å². The summed E-state index contributed by atoms with van der Waals surface area (Å²) >= 11 is 1.42. The number of nitrogens with two attached hydrogens (primary N) is 1. The van der Waals surface area contributed by atoms with E-state index in [9.17, 15) is 4.79 Å². The lowest BCUT2D eigenvalue weighted by atomic mass is 10.3. The Hall–Kier alpha value is -0.980. The van der Waals surface area contributed by atoms with Gasteiger partial charge in [0.15, 0.2) is 5.13 Å². The average Bonchev–Trinajstić information content (AvgIpc) is 2.77. The number of rotatable bonds is 3. The molecule has 1 aromatic heterocycles. The number of nitrogens with zero attached hydrogens (tertiary/aromatic N) is 2. The molecular weight excluding hydrogens is 212 g/mol. The molecule has 0 unspecified atom stereocenters. The quantitative estimate of drug-likeness (QED) is 0.767. The Balaban J connectivity index is 1.78. The minimum Gasteiger partial charge on any atom is -0.326 e. The maximum absolute atomic E-state index is 11.5. The van der Waals surface area contributed by atoms with Crippen LogP contribution >= 0.6 is 11.3 Å². The van der Waals surface area contributed by atoms with E-state index in [0.29, 0.717) is 11.7 Å². The first kappa shape index (κ1) is 10.5. The van der Waals surface area contributed by atoms with Crippen LogP contribution in [0.15, 0.2) is 11.6 Å². The second-order valence-corrected chi connectivity index (χ2v) is 4.56. The first-order valence-electron chi connectivity index (χ1n) is 4.91. The van der Waals surface area contributed by atoms with Gasteiger partial charge in [0.2, 0.25) is 5.91 Å².